The monoisotopic (exact) mass is 198 g/mol. The maximum atomic E-state index is 10.8. The third-order valence-corrected chi connectivity index (χ3v) is 1.54. The van der Waals surface area contributed by atoms with Gasteiger partial charge >= 0.3 is 0 Å². The van der Waals surface area contributed by atoms with E-state index < -0.39 is 0 Å². The van der Waals surface area contributed by atoms with E-state index in [1.165, 1.54) is 0 Å². The lowest BCUT2D eigenvalue weighted by Gasteiger charge is -2.09. The van der Waals surface area contributed by atoms with Gasteiger partial charge in [-0.15, -0.1) is 0 Å². The van der Waals surface area contributed by atoms with E-state index in [-0.39, 0.29) is 12.5 Å². The Bertz CT molecular complexity index is 320. The minimum Gasteiger partial charge on any atom is -0.464 e. The zero-order valence-corrected chi connectivity index (χ0v) is 8.59. The van der Waals surface area contributed by atoms with Crippen LogP contribution in [0.3, 0.4) is 0 Å². The smallest absolute Gasteiger partial charge is 0.280 e. The number of hydrogen-bond donors (Lipinski definition) is 1. The first kappa shape index (κ1) is 10.6. The van der Waals surface area contributed by atoms with Gasteiger partial charge in [0.15, 0.2) is 12.5 Å². The summed E-state index contributed by atoms with van der Waals surface area (Å²) < 4.78 is 10.2. The number of carbonyl (C=O) groups excluding carboxylic acids is 1. The lowest BCUT2D eigenvalue weighted by atomic mass is 10.5. The number of nitrogens with one attached hydrogen (secondary N) is 1. The van der Waals surface area contributed by atoms with Crippen LogP contribution in [0.5, 0.6) is 5.88 Å². The van der Waals surface area contributed by atoms with Gasteiger partial charge in [-0.05, 0) is 0 Å². The normalized spacial score (nSPS) is 13.2. The van der Waals surface area contributed by atoms with Gasteiger partial charge in [0, 0.05) is 6.42 Å². The lowest BCUT2D eigenvalue weighted by Crippen LogP contribution is -2.24. The van der Waals surface area contributed by atoms with E-state index in [2.05, 4.69) is 10.3 Å². The number of fused-ring (bicyclic) bond motifs is 1. The van der Waals surface area contributed by atoms with E-state index in [0.29, 0.717) is 24.1 Å². The predicted octanol–water partition coefficient (Wildman–Crippen LogP) is 1.59. The number of carbonyl (C=O) groups is 1. The van der Waals surface area contributed by atoms with Crippen molar-refractivity contribution in [2.45, 2.75) is 27.2 Å². The molecule has 5 heteroatoms. The molecule has 2 heterocycles. The first-order valence-electron chi connectivity index (χ1n) is 4.72. The third-order valence-electron chi connectivity index (χ3n) is 1.54. The summed E-state index contributed by atoms with van der Waals surface area (Å²) in [5, 5.41) is 2.52. The summed E-state index contributed by atoms with van der Waals surface area (Å²) in [4.78, 5) is 14.8. The highest BCUT2D eigenvalue weighted by Gasteiger charge is 2.21. The Balaban J connectivity index is 0.000000461. The second kappa shape index (κ2) is 4.64. The van der Waals surface area contributed by atoms with Gasteiger partial charge in [-0.2, -0.15) is 4.98 Å². The van der Waals surface area contributed by atoms with Crippen molar-refractivity contribution in [2.24, 2.45) is 0 Å². The highest BCUT2D eigenvalue weighted by molar-refractivity contribution is 5.93. The molecule has 0 fully saturated rings. The van der Waals surface area contributed by atoms with E-state index in [1.807, 2.05) is 20.8 Å². The number of ether oxygens (including phenoxy) is 1. The van der Waals surface area contributed by atoms with Gasteiger partial charge in [-0.3, -0.25) is 10.1 Å². The van der Waals surface area contributed by atoms with E-state index in [1.54, 1.807) is 0 Å². The summed E-state index contributed by atoms with van der Waals surface area (Å²) in [5.74, 6) is 1.07. The first-order valence-corrected chi connectivity index (χ1v) is 4.72. The molecule has 78 valence electrons. The van der Waals surface area contributed by atoms with Gasteiger partial charge in [0.05, 0.1) is 0 Å². The molecule has 1 aliphatic rings. The number of hydrogen-bond acceptors (Lipinski definition) is 4. The zero-order chi connectivity index (χ0) is 10.6. The topological polar surface area (TPSA) is 64.4 Å². The van der Waals surface area contributed by atoms with Crippen LogP contribution in [0.1, 0.15) is 26.7 Å². The molecule has 0 atom stereocenters. The van der Waals surface area contributed by atoms with E-state index in [9.17, 15) is 4.79 Å². The van der Waals surface area contributed by atoms with Gasteiger partial charge in [0.1, 0.15) is 0 Å². The van der Waals surface area contributed by atoms with Crippen LogP contribution in [0.15, 0.2) is 4.42 Å². The van der Waals surface area contributed by atoms with E-state index in [0.717, 1.165) is 0 Å². The van der Waals surface area contributed by atoms with Crippen molar-refractivity contribution in [1.29, 1.82) is 0 Å². The van der Waals surface area contributed by atoms with Gasteiger partial charge in [0.25, 0.3) is 17.7 Å². The van der Waals surface area contributed by atoms with Crippen LogP contribution in [0, 0.1) is 0 Å². The van der Waals surface area contributed by atoms with Gasteiger partial charge in [-0.1, -0.05) is 20.8 Å². The van der Waals surface area contributed by atoms with Crippen molar-refractivity contribution in [1.82, 2.24) is 4.98 Å². The predicted molar refractivity (Wildman–Crippen MR) is 51.4 cm³/mol. The second-order valence-corrected chi connectivity index (χ2v) is 2.43. The average molecular weight is 198 g/mol. The fourth-order valence-electron chi connectivity index (χ4n) is 0.973. The minimum absolute atomic E-state index is 0.0166. The summed E-state index contributed by atoms with van der Waals surface area (Å²) in [6, 6.07) is 0. The molecule has 1 aromatic heterocycles. The van der Waals surface area contributed by atoms with Crippen molar-refractivity contribution in [3.63, 3.8) is 0 Å². The van der Waals surface area contributed by atoms with Crippen LogP contribution in [0.25, 0.3) is 0 Å². The second-order valence-electron chi connectivity index (χ2n) is 2.43. The number of oxazole rings is 1. The molecule has 0 aliphatic carbocycles. The molecule has 0 radical (unpaired) electrons. The average Bonchev–Trinajstić information content (AvgIpc) is 2.62. The molecule has 0 saturated heterocycles. The van der Waals surface area contributed by atoms with Crippen molar-refractivity contribution in [3.05, 3.63) is 5.89 Å². The van der Waals surface area contributed by atoms with Crippen LogP contribution in [0.2, 0.25) is 0 Å². The molecule has 0 aromatic carbocycles. The van der Waals surface area contributed by atoms with Crippen molar-refractivity contribution in [3.8, 4) is 5.88 Å². The number of amides is 1. The molecule has 2 rings (SSSR count). The van der Waals surface area contributed by atoms with Crippen LogP contribution in [0.4, 0.5) is 5.88 Å². The van der Waals surface area contributed by atoms with E-state index >= 15 is 0 Å². The maximum Gasteiger partial charge on any atom is 0.280 e. The minimum atomic E-state index is -0.207. The lowest BCUT2D eigenvalue weighted by molar-refractivity contribution is -0.118. The molecule has 0 unspecified atom stereocenters. The Kier molecular flexibility index (Phi) is 3.50. The van der Waals surface area contributed by atoms with Gasteiger partial charge < -0.3 is 9.15 Å². The maximum absolute atomic E-state index is 10.8. The van der Waals surface area contributed by atoms with Crippen molar-refractivity contribution in [2.75, 3.05) is 11.9 Å². The molecule has 5 nitrogen and oxygen atoms in total. The Hall–Kier alpha value is -1.52. The molecule has 14 heavy (non-hydrogen) atoms. The Morgan fingerprint density at radius 3 is 2.86 bits per heavy atom. The quantitative estimate of drug-likeness (QED) is 0.744. The molecule has 0 saturated carbocycles. The molecule has 0 bridgehead atoms. The number of aryl methyl sites for hydroxylation is 1. The molecular formula is C9H14N2O3. The molecule has 1 aliphatic heterocycles. The zero-order valence-electron chi connectivity index (χ0n) is 8.59. The van der Waals surface area contributed by atoms with Crippen LogP contribution >= 0.6 is 0 Å². The van der Waals surface area contributed by atoms with Crippen LogP contribution < -0.4 is 10.1 Å². The standard InChI is InChI=1S/C7H8N2O3.C2H6/c1-2-5-9-6-7(12-5)8-4(10)3-11-6;1-2/h2-3H2,1H3,(H,8,10);1-2H3. The summed E-state index contributed by atoms with van der Waals surface area (Å²) in [6.07, 6.45) is 0.687. The molecule has 0 spiro atoms. The van der Waals surface area contributed by atoms with Gasteiger partial charge in [-0.25, -0.2) is 0 Å². The Morgan fingerprint density at radius 1 is 1.50 bits per heavy atom. The summed E-state index contributed by atoms with van der Waals surface area (Å²) in [5.41, 5.74) is 0. The highest BCUT2D eigenvalue weighted by atomic mass is 16.5. The van der Waals surface area contributed by atoms with Crippen molar-refractivity contribution >= 4 is 11.8 Å². The van der Waals surface area contributed by atoms with Crippen LogP contribution in [-0.4, -0.2) is 17.5 Å². The number of rotatable bonds is 1. The molecular weight excluding hydrogens is 184 g/mol. The largest absolute Gasteiger partial charge is 0.464 e. The number of nitrogens with zero attached hydrogens (tertiary/aromatic N) is 1. The third kappa shape index (κ3) is 2.04. The summed E-state index contributed by atoms with van der Waals surface area (Å²) >= 11 is 0. The summed E-state index contributed by atoms with van der Waals surface area (Å²) in [7, 11) is 0. The van der Waals surface area contributed by atoms with Crippen molar-refractivity contribution < 1.29 is 13.9 Å². The van der Waals surface area contributed by atoms with Gasteiger partial charge in [0.2, 0.25) is 0 Å². The molecule has 1 amide bonds. The first-order chi connectivity index (χ1) is 6.79. The molecule has 1 aromatic rings. The SMILES string of the molecule is CC.CCc1nc2c(o1)NC(=O)CO2. The fourth-order valence-corrected chi connectivity index (χ4v) is 0.973. The highest BCUT2D eigenvalue weighted by Crippen LogP contribution is 2.27. The van der Waals surface area contributed by atoms with E-state index in [4.69, 9.17) is 9.15 Å². The number of anilines is 1. The summed E-state index contributed by atoms with van der Waals surface area (Å²) in [6.45, 7) is 5.93. The number of aromatic nitrogens is 1. The Labute approximate surface area is 82.5 Å². The fraction of sp³-hybridized carbons (Fsp3) is 0.556. The molecule has 1 N–H and O–H groups in total. The van der Waals surface area contributed by atoms with Crippen LogP contribution in [-0.2, 0) is 11.2 Å². The Morgan fingerprint density at radius 2 is 2.21 bits per heavy atom.